The molecular weight excluding hydrogens is 194 g/mol. The highest BCUT2D eigenvalue weighted by Crippen LogP contribution is 2.33. The summed E-state index contributed by atoms with van der Waals surface area (Å²) in [5.41, 5.74) is 0.878. The number of benzene rings is 1. The molecule has 0 saturated heterocycles. The second-order valence-electron chi connectivity index (χ2n) is 3.38. The Morgan fingerprint density at radius 1 is 1.60 bits per heavy atom. The summed E-state index contributed by atoms with van der Waals surface area (Å²) in [6.45, 7) is 0.512. The van der Waals surface area contributed by atoms with Gasteiger partial charge in [-0.3, -0.25) is 0 Å². The average Bonchev–Trinajstić information content (AvgIpc) is 2.27. The molecule has 0 aliphatic carbocycles. The Labute approximate surface area is 86.7 Å². The number of fused-ring (bicyclic) bond motifs is 1. The van der Waals surface area contributed by atoms with Gasteiger partial charge < -0.3 is 9.84 Å². The number of carboxylic acid groups (broad SMARTS) is 1. The Hall–Kier alpha value is -2.02. The lowest BCUT2D eigenvalue weighted by Crippen LogP contribution is -2.13. The summed E-state index contributed by atoms with van der Waals surface area (Å²) in [6, 6.07) is 6.77. The van der Waals surface area contributed by atoms with E-state index in [0.29, 0.717) is 24.3 Å². The zero-order valence-corrected chi connectivity index (χ0v) is 7.93. The lowest BCUT2D eigenvalue weighted by molar-refractivity contribution is 0.0696. The smallest absolute Gasteiger partial charge is 0.335 e. The molecule has 2 rings (SSSR count). The second-order valence-corrected chi connectivity index (χ2v) is 3.38. The molecule has 1 atom stereocenters. The van der Waals surface area contributed by atoms with Gasteiger partial charge >= 0.3 is 5.97 Å². The van der Waals surface area contributed by atoms with Crippen LogP contribution in [0, 0.1) is 11.3 Å². The van der Waals surface area contributed by atoms with Gasteiger partial charge in [-0.1, -0.05) is 0 Å². The fourth-order valence-electron chi connectivity index (χ4n) is 1.66. The molecule has 76 valence electrons. The molecule has 1 aromatic carbocycles. The van der Waals surface area contributed by atoms with Crippen molar-refractivity contribution in [3.63, 3.8) is 0 Å². The molecule has 1 aromatic rings. The van der Waals surface area contributed by atoms with E-state index >= 15 is 0 Å². The van der Waals surface area contributed by atoms with Gasteiger partial charge in [-0.15, -0.1) is 0 Å². The summed E-state index contributed by atoms with van der Waals surface area (Å²) in [4.78, 5) is 10.8. The summed E-state index contributed by atoms with van der Waals surface area (Å²) in [6.07, 6.45) is 0.618. The van der Waals surface area contributed by atoms with Crippen molar-refractivity contribution in [3.8, 4) is 11.8 Å². The van der Waals surface area contributed by atoms with Crippen molar-refractivity contribution in [1.82, 2.24) is 0 Å². The van der Waals surface area contributed by atoms with Gasteiger partial charge in [0.1, 0.15) is 5.75 Å². The Morgan fingerprint density at radius 3 is 3.07 bits per heavy atom. The molecule has 0 bridgehead atoms. The molecule has 1 unspecified atom stereocenters. The first-order valence-electron chi connectivity index (χ1n) is 4.62. The molecular formula is C11H9NO3. The van der Waals surface area contributed by atoms with Crippen LogP contribution in [-0.2, 0) is 0 Å². The maximum atomic E-state index is 10.8. The summed E-state index contributed by atoms with van der Waals surface area (Å²) in [5.74, 6) is -0.620. The Bertz CT molecular complexity index is 448. The molecule has 4 nitrogen and oxygen atoms in total. The van der Waals surface area contributed by atoms with Crippen molar-refractivity contribution >= 4 is 5.97 Å². The number of aromatic carboxylic acids is 1. The molecule has 4 heteroatoms. The monoisotopic (exact) mass is 203 g/mol. The van der Waals surface area contributed by atoms with Crippen LogP contribution in [0.25, 0.3) is 0 Å². The van der Waals surface area contributed by atoms with Crippen LogP contribution in [0.3, 0.4) is 0 Å². The Kier molecular flexibility index (Phi) is 2.30. The molecule has 1 aliphatic rings. The van der Waals surface area contributed by atoms with Gasteiger partial charge in [-0.2, -0.15) is 5.26 Å². The fraction of sp³-hybridized carbons (Fsp3) is 0.273. The van der Waals surface area contributed by atoms with Gasteiger partial charge in [0, 0.05) is 12.0 Å². The number of carbonyl (C=O) groups is 1. The molecule has 1 N–H and O–H groups in total. The van der Waals surface area contributed by atoms with E-state index in [1.807, 2.05) is 0 Å². The van der Waals surface area contributed by atoms with Gasteiger partial charge in [0.25, 0.3) is 0 Å². The lowest BCUT2D eigenvalue weighted by Gasteiger charge is -2.21. The van der Waals surface area contributed by atoms with Gasteiger partial charge in [-0.25, -0.2) is 4.79 Å². The number of hydrogen-bond donors (Lipinski definition) is 1. The molecule has 0 saturated carbocycles. The first-order valence-corrected chi connectivity index (χ1v) is 4.62. The number of carboxylic acids is 1. The average molecular weight is 203 g/mol. The SMILES string of the molecule is N#CC1CCOc2ccc(C(=O)O)cc21. The van der Waals surface area contributed by atoms with Crippen molar-refractivity contribution < 1.29 is 14.6 Å². The minimum atomic E-state index is -0.986. The predicted molar refractivity (Wildman–Crippen MR) is 51.9 cm³/mol. The van der Waals surface area contributed by atoms with E-state index in [-0.39, 0.29) is 11.5 Å². The first kappa shape index (κ1) is 9.53. The topological polar surface area (TPSA) is 70.3 Å². The minimum Gasteiger partial charge on any atom is -0.493 e. The molecule has 1 aliphatic heterocycles. The summed E-state index contributed by atoms with van der Waals surface area (Å²) >= 11 is 0. The van der Waals surface area contributed by atoms with E-state index < -0.39 is 5.97 Å². The third kappa shape index (κ3) is 1.64. The fourth-order valence-corrected chi connectivity index (χ4v) is 1.66. The number of ether oxygens (including phenoxy) is 1. The standard InChI is InChI=1S/C11H9NO3/c12-6-8-3-4-15-10-2-1-7(11(13)14)5-9(8)10/h1-2,5,8H,3-4H2,(H,13,14). The number of hydrogen-bond acceptors (Lipinski definition) is 3. The molecule has 0 amide bonds. The van der Waals surface area contributed by atoms with E-state index in [0.717, 1.165) is 0 Å². The van der Waals surface area contributed by atoms with Crippen molar-refractivity contribution in [2.45, 2.75) is 12.3 Å². The van der Waals surface area contributed by atoms with Crippen molar-refractivity contribution in [1.29, 1.82) is 5.26 Å². The van der Waals surface area contributed by atoms with Crippen LogP contribution >= 0.6 is 0 Å². The van der Waals surface area contributed by atoms with Gasteiger partial charge in [0.2, 0.25) is 0 Å². The maximum Gasteiger partial charge on any atom is 0.335 e. The van der Waals surface area contributed by atoms with Crippen molar-refractivity contribution in [3.05, 3.63) is 29.3 Å². The summed E-state index contributed by atoms with van der Waals surface area (Å²) < 4.78 is 5.35. The molecule has 0 fully saturated rings. The predicted octanol–water partition coefficient (Wildman–Crippen LogP) is 1.77. The van der Waals surface area contributed by atoms with E-state index in [4.69, 9.17) is 15.1 Å². The maximum absolute atomic E-state index is 10.8. The quantitative estimate of drug-likeness (QED) is 0.755. The van der Waals surface area contributed by atoms with Crippen LogP contribution in [0.15, 0.2) is 18.2 Å². The first-order chi connectivity index (χ1) is 7.22. The van der Waals surface area contributed by atoms with Gasteiger partial charge in [0.15, 0.2) is 0 Å². The zero-order valence-electron chi connectivity index (χ0n) is 7.93. The Morgan fingerprint density at radius 2 is 2.40 bits per heavy atom. The molecule has 1 heterocycles. The zero-order chi connectivity index (χ0) is 10.8. The Balaban J connectivity index is 2.49. The van der Waals surface area contributed by atoms with Crippen LogP contribution in [-0.4, -0.2) is 17.7 Å². The van der Waals surface area contributed by atoms with E-state index in [2.05, 4.69) is 6.07 Å². The highest BCUT2D eigenvalue weighted by molar-refractivity contribution is 5.88. The highest BCUT2D eigenvalue weighted by atomic mass is 16.5. The third-order valence-corrected chi connectivity index (χ3v) is 2.45. The van der Waals surface area contributed by atoms with E-state index in [9.17, 15) is 4.79 Å². The molecule has 0 aromatic heterocycles. The number of rotatable bonds is 1. The lowest BCUT2D eigenvalue weighted by atomic mass is 9.93. The second kappa shape index (κ2) is 3.62. The van der Waals surface area contributed by atoms with Crippen molar-refractivity contribution in [2.24, 2.45) is 0 Å². The van der Waals surface area contributed by atoms with Gasteiger partial charge in [0.05, 0.1) is 24.2 Å². The molecule has 0 radical (unpaired) electrons. The number of nitrogens with zero attached hydrogens (tertiary/aromatic N) is 1. The summed E-state index contributed by atoms with van der Waals surface area (Å²) in [5, 5.41) is 17.7. The van der Waals surface area contributed by atoms with Crippen LogP contribution in [0.4, 0.5) is 0 Å². The van der Waals surface area contributed by atoms with Crippen LogP contribution in [0.1, 0.15) is 28.3 Å². The van der Waals surface area contributed by atoms with E-state index in [1.165, 1.54) is 12.1 Å². The largest absolute Gasteiger partial charge is 0.493 e. The number of nitriles is 1. The van der Waals surface area contributed by atoms with Gasteiger partial charge in [-0.05, 0) is 18.2 Å². The van der Waals surface area contributed by atoms with E-state index in [1.54, 1.807) is 6.07 Å². The van der Waals surface area contributed by atoms with Crippen molar-refractivity contribution in [2.75, 3.05) is 6.61 Å². The minimum absolute atomic E-state index is 0.194. The van der Waals surface area contributed by atoms with Crippen LogP contribution in [0.2, 0.25) is 0 Å². The molecule has 0 spiro atoms. The van der Waals surface area contributed by atoms with Crippen LogP contribution in [0.5, 0.6) is 5.75 Å². The third-order valence-electron chi connectivity index (χ3n) is 2.45. The summed E-state index contributed by atoms with van der Waals surface area (Å²) in [7, 11) is 0. The molecule has 15 heavy (non-hydrogen) atoms. The highest BCUT2D eigenvalue weighted by Gasteiger charge is 2.22. The van der Waals surface area contributed by atoms with Crippen LogP contribution < -0.4 is 4.74 Å². The normalized spacial score (nSPS) is 18.5.